The zero-order valence-electron chi connectivity index (χ0n) is 6.23. The van der Waals surface area contributed by atoms with Crippen molar-refractivity contribution in [2.24, 2.45) is 0 Å². The molecule has 0 radical (unpaired) electrons. The second-order valence-corrected chi connectivity index (χ2v) is 3.27. The third kappa shape index (κ3) is 1.15. The maximum absolute atomic E-state index is 5.70. The van der Waals surface area contributed by atoms with Gasteiger partial charge in [0.15, 0.2) is 0 Å². The number of nitrogens with two attached hydrogens (primary N) is 1. The van der Waals surface area contributed by atoms with Crippen molar-refractivity contribution in [3.63, 3.8) is 0 Å². The molecule has 0 spiro atoms. The van der Waals surface area contributed by atoms with Gasteiger partial charge in [0, 0.05) is 0 Å². The molecule has 0 amide bonds. The van der Waals surface area contributed by atoms with Crippen molar-refractivity contribution in [1.82, 2.24) is 9.97 Å². The van der Waals surface area contributed by atoms with Crippen molar-refractivity contribution in [3.05, 3.63) is 24.3 Å². The summed E-state index contributed by atoms with van der Waals surface area (Å²) in [6.07, 6.45) is 0. The molecule has 1 aromatic heterocycles. The molecule has 1 heterocycles. The van der Waals surface area contributed by atoms with E-state index in [0.29, 0.717) is 10.5 Å². The van der Waals surface area contributed by atoms with Gasteiger partial charge in [-0.1, -0.05) is 0 Å². The Morgan fingerprint density at radius 2 is 1.92 bits per heavy atom. The zero-order chi connectivity index (χ0) is 8.55. The molecule has 0 bridgehead atoms. The van der Waals surface area contributed by atoms with E-state index in [-0.39, 0.29) is 0 Å². The fourth-order valence-electron chi connectivity index (χ4n) is 1.09. The Labute approximate surface area is 77.8 Å². The first-order chi connectivity index (χ1) is 5.77. The molecule has 0 atom stereocenters. The summed E-state index contributed by atoms with van der Waals surface area (Å²) in [7, 11) is 0. The van der Waals surface area contributed by atoms with E-state index in [1.807, 2.05) is 24.3 Å². The van der Waals surface area contributed by atoms with Gasteiger partial charge in [-0.05, 0) is 0 Å². The van der Waals surface area contributed by atoms with Gasteiger partial charge in [-0.3, -0.25) is 0 Å². The Morgan fingerprint density at radius 3 is 2.75 bits per heavy atom. The molecule has 0 aliphatic rings. The van der Waals surface area contributed by atoms with Gasteiger partial charge in [0.05, 0.1) is 0 Å². The third-order valence-corrected chi connectivity index (χ3v) is 2.04. The first-order valence-electron chi connectivity index (χ1n) is 3.48. The maximum atomic E-state index is 5.70. The van der Waals surface area contributed by atoms with E-state index in [1.54, 1.807) is 0 Å². The number of hydrogen-bond acceptors (Lipinski definition) is 3. The van der Waals surface area contributed by atoms with Crippen LogP contribution in [0.2, 0.25) is 0 Å². The van der Waals surface area contributed by atoms with Gasteiger partial charge < -0.3 is 0 Å². The Hall–Kier alpha value is -1.12. The van der Waals surface area contributed by atoms with E-state index < -0.39 is 0 Å². The number of hydrogen-bond donors (Lipinski definition) is 1. The van der Waals surface area contributed by atoms with E-state index in [9.17, 15) is 0 Å². The summed E-state index contributed by atoms with van der Waals surface area (Å²) in [4.78, 5) is 8.26. The molecule has 60 valence electrons. The molecule has 3 nitrogen and oxygen atoms in total. The zero-order valence-corrected chi connectivity index (χ0v) is 8.10. The first-order valence-corrected chi connectivity index (χ1v) is 4.42. The van der Waals surface area contributed by atoms with Crippen LogP contribution in [0.15, 0.2) is 24.3 Å². The minimum atomic E-state index is 0.538. The fourth-order valence-corrected chi connectivity index (χ4v) is 1.54. The van der Waals surface area contributed by atoms with E-state index in [2.05, 4.69) is 26.0 Å². The summed E-state index contributed by atoms with van der Waals surface area (Å²) >= 11 is 2.28. The normalized spacial score (nSPS) is 10.4. The molecule has 4 heteroatoms. The molecule has 0 unspecified atom stereocenters. The van der Waals surface area contributed by atoms with E-state index in [1.165, 1.54) is 0 Å². The second kappa shape index (κ2) is 2.73. The topological polar surface area (TPSA) is 51.8 Å². The molecule has 2 rings (SSSR count). The summed E-state index contributed by atoms with van der Waals surface area (Å²) in [5.74, 6) is 0.538. The summed E-state index contributed by atoms with van der Waals surface area (Å²) in [6.45, 7) is 0. The summed E-state index contributed by atoms with van der Waals surface area (Å²) in [5, 5.41) is 0.910. The molecule has 12 heavy (non-hydrogen) atoms. The van der Waals surface area contributed by atoms with Crippen LogP contribution in [0.5, 0.6) is 0 Å². The van der Waals surface area contributed by atoms with Crippen LogP contribution in [0.25, 0.3) is 10.9 Å². The van der Waals surface area contributed by atoms with Crippen LogP contribution in [0.1, 0.15) is 0 Å². The molecular weight excluding hydrogens is 217 g/mol. The van der Waals surface area contributed by atoms with Gasteiger partial charge in [-0.2, -0.15) is 0 Å². The second-order valence-electron chi connectivity index (χ2n) is 2.43. The van der Waals surface area contributed by atoms with Gasteiger partial charge >= 0.3 is 77.4 Å². The number of aromatic nitrogens is 2. The van der Waals surface area contributed by atoms with Crippen molar-refractivity contribution in [3.8, 4) is 0 Å². The molecule has 0 saturated heterocycles. The van der Waals surface area contributed by atoms with Crippen LogP contribution in [-0.4, -0.2) is 26.0 Å². The average molecular weight is 224 g/mol. The Balaban J connectivity index is 2.89. The van der Waals surface area contributed by atoms with Crippen LogP contribution in [0.4, 0.5) is 5.82 Å². The molecule has 2 aromatic rings. The molecular formula is C8H7N3Se. The van der Waals surface area contributed by atoms with Crippen molar-refractivity contribution in [2.75, 3.05) is 5.73 Å². The van der Waals surface area contributed by atoms with E-state index >= 15 is 0 Å². The molecule has 0 aliphatic carbocycles. The van der Waals surface area contributed by atoms with Crippen molar-refractivity contribution in [1.29, 1.82) is 0 Å². The third-order valence-electron chi connectivity index (χ3n) is 1.62. The van der Waals surface area contributed by atoms with Crippen LogP contribution in [0.3, 0.4) is 0 Å². The van der Waals surface area contributed by atoms with Crippen LogP contribution < -0.4 is 10.5 Å². The van der Waals surface area contributed by atoms with Crippen LogP contribution in [0, 0.1) is 0 Å². The number of rotatable bonds is 0. The number of fused-ring (bicyclic) bond motifs is 1. The van der Waals surface area contributed by atoms with Gasteiger partial charge in [0.25, 0.3) is 0 Å². The van der Waals surface area contributed by atoms with Gasteiger partial charge in [-0.15, -0.1) is 0 Å². The summed E-state index contributed by atoms with van der Waals surface area (Å²) < 4.78 is 0.652. The first kappa shape index (κ1) is 7.52. The Kier molecular flexibility index (Phi) is 1.71. The molecule has 1 aromatic carbocycles. The van der Waals surface area contributed by atoms with E-state index in [0.717, 1.165) is 10.9 Å². The SMILES string of the molecule is Nc1nc([SeH])nc2ccccc12. The van der Waals surface area contributed by atoms with Gasteiger partial charge in [-0.25, -0.2) is 0 Å². The summed E-state index contributed by atoms with van der Waals surface area (Å²) in [6, 6.07) is 7.69. The average Bonchev–Trinajstić information content (AvgIpc) is 2.04. The van der Waals surface area contributed by atoms with Crippen LogP contribution >= 0.6 is 0 Å². The molecule has 0 aliphatic heterocycles. The summed E-state index contributed by atoms with van der Waals surface area (Å²) in [5.41, 5.74) is 6.59. The predicted octanol–water partition coefficient (Wildman–Crippen LogP) is -0.262. The number of anilines is 1. The minimum absolute atomic E-state index is 0.538. The fraction of sp³-hybridized carbons (Fsp3) is 0. The monoisotopic (exact) mass is 225 g/mol. The molecule has 0 saturated carbocycles. The molecule has 2 N–H and O–H groups in total. The van der Waals surface area contributed by atoms with Gasteiger partial charge in [0.2, 0.25) is 0 Å². The number of nitrogen functional groups attached to an aromatic ring is 1. The number of para-hydroxylation sites is 1. The van der Waals surface area contributed by atoms with E-state index in [4.69, 9.17) is 5.73 Å². The Morgan fingerprint density at radius 1 is 1.17 bits per heavy atom. The van der Waals surface area contributed by atoms with Crippen molar-refractivity contribution < 1.29 is 0 Å². The van der Waals surface area contributed by atoms with Gasteiger partial charge in [0.1, 0.15) is 0 Å². The number of benzene rings is 1. The van der Waals surface area contributed by atoms with Crippen LogP contribution in [-0.2, 0) is 0 Å². The van der Waals surface area contributed by atoms with Crippen molar-refractivity contribution in [2.45, 2.75) is 0 Å². The standard InChI is InChI=1S/C8H7N3Se/c9-7-5-3-1-2-4-6(5)10-8(12)11-7/h1-4H,(H3,9,10,11,12). The Bertz CT molecular complexity index is 428. The predicted molar refractivity (Wildman–Crippen MR) is 50.7 cm³/mol. The quantitative estimate of drug-likeness (QED) is 0.627. The van der Waals surface area contributed by atoms with Crippen molar-refractivity contribution >= 4 is 37.5 Å². The molecule has 0 fully saturated rings. The number of nitrogens with zero attached hydrogens (tertiary/aromatic N) is 2.